The standard InChI is InChI=1S/C27H22N4O6/c1-34-20-8-5-9-21-18(20)13-24(37-21)26-30-19-7-4-3-6-17(19)27(33)31(26)29-14-16-10-11-22(23(12-16)35-2)36-15-25(28)32/h3-14H,15H2,1-2H3,(H2,28,32). The Labute approximate surface area is 210 Å². The number of fused-ring (bicyclic) bond motifs is 2. The van der Waals surface area contributed by atoms with Gasteiger partial charge in [-0.2, -0.15) is 9.78 Å². The molecule has 0 aliphatic carbocycles. The molecule has 0 saturated heterocycles. The van der Waals surface area contributed by atoms with Gasteiger partial charge in [-0.05, 0) is 54.1 Å². The molecule has 2 aromatic heterocycles. The van der Waals surface area contributed by atoms with Crippen molar-refractivity contribution in [2.75, 3.05) is 20.8 Å². The summed E-state index contributed by atoms with van der Waals surface area (Å²) < 4.78 is 23.4. The SMILES string of the molecule is COc1cc(C=Nn2c(-c3cc4c(OC)cccc4o3)nc3ccccc3c2=O)ccc1OCC(N)=O. The van der Waals surface area contributed by atoms with Gasteiger partial charge in [-0.15, -0.1) is 0 Å². The van der Waals surface area contributed by atoms with Crippen LogP contribution in [0.4, 0.5) is 0 Å². The molecule has 3 aromatic carbocycles. The van der Waals surface area contributed by atoms with Gasteiger partial charge in [0.2, 0.25) is 5.82 Å². The minimum absolute atomic E-state index is 0.228. The van der Waals surface area contributed by atoms with Crippen molar-refractivity contribution in [1.82, 2.24) is 9.66 Å². The molecule has 0 atom stereocenters. The van der Waals surface area contributed by atoms with Crippen molar-refractivity contribution in [3.05, 3.63) is 82.6 Å². The zero-order valence-corrected chi connectivity index (χ0v) is 20.0. The second-order valence-corrected chi connectivity index (χ2v) is 7.96. The maximum Gasteiger partial charge on any atom is 0.282 e. The summed E-state index contributed by atoms with van der Waals surface area (Å²) in [5, 5.41) is 5.60. The second kappa shape index (κ2) is 9.86. The highest BCUT2D eigenvalue weighted by atomic mass is 16.5. The van der Waals surface area contributed by atoms with Crippen LogP contribution < -0.4 is 25.5 Å². The Hall–Kier alpha value is -5.12. The number of amides is 1. The van der Waals surface area contributed by atoms with Gasteiger partial charge in [-0.3, -0.25) is 9.59 Å². The molecule has 0 bridgehead atoms. The fraction of sp³-hybridized carbons (Fsp3) is 0.111. The molecule has 0 radical (unpaired) electrons. The summed E-state index contributed by atoms with van der Waals surface area (Å²) in [6.07, 6.45) is 1.49. The van der Waals surface area contributed by atoms with Crippen LogP contribution in [0.5, 0.6) is 17.2 Å². The summed E-state index contributed by atoms with van der Waals surface area (Å²) in [6, 6.07) is 19.2. The molecule has 186 valence electrons. The predicted octanol–water partition coefficient (Wildman–Crippen LogP) is 3.57. The van der Waals surface area contributed by atoms with Gasteiger partial charge in [0.15, 0.2) is 23.9 Å². The molecule has 10 heteroatoms. The second-order valence-electron chi connectivity index (χ2n) is 7.96. The molecule has 0 aliphatic heterocycles. The summed E-state index contributed by atoms with van der Waals surface area (Å²) in [6.45, 7) is -0.284. The molecular formula is C27H22N4O6. The minimum atomic E-state index is -0.605. The van der Waals surface area contributed by atoms with Crippen LogP contribution >= 0.6 is 0 Å². The van der Waals surface area contributed by atoms with E-state index in [2.05, 4.69) is 10.1 Å². The average molecular weight is 498 g/mol. The molecule has 2 N–H and O–H groups in total. The Morgan fingerprint density at radius 2 is 1.81 bits per heavy atom. The van der Waals surface area contributed by atoms with E-state index in [9.17, 15) is 9.59 Å². The fourth-order valence-electron chi connectivity index (χ4n) is 3.87. The Morgan fingerprint density at radius 3 is 2.59 bits per heavy atom. The number of methoxy groups -OCH3 is 2. The highest BCUT2D eigenvalue weighted by Gasteiger charge is 2.18. The van der Waals surface area contributed by atoms with Crippen LogP contribution in [-0.4, -0.2) is 42.6 Å². The van der Waals surface area contributed by atoms with Crippen molar-refractivity contribution in [1.29, 1.82) is 0 Å². The summed E-state index contributed by atoms with van der Waals surface area (Å²) in [5.74, 6) is 1.33. The topological polar surface area (TPSA) is 131 Å². The maximum absolute atomic E-state index is 13.5. The number of nitrogens with two attached hydrogens (primary N) is 1. The third kappa shape index (κ3) is 4.59. The Kier molecular flexibility index (Phi) is 6.29. The van der Waals surface area contributed by atoms with Crippen LogP contribution in [0.15, 0.2) is 81.0 Å². The lowest BCUT2D eigenvalue weighted by Crippen LogP contribution is -2.20. The Morgan fingerprint density at radius 1 is 1.00 bits per heavy atom. The molecule has 0 spiro atoms. The molecule has 0 aliphatic rings. The molecule has 5 aromatic rings. The first-order chi connectivity index (χ1) is 18.0. The predicted molar refractivity (Wildman–Crippen MR) is 138 cm³/mol. The zero-order valence-electron chi connectivity index (χ0n) is 20.0. The zero-order chi connectivity index (χ0) is 25.9. The van der Waals surface area contributed by atoms with Gasteiger partial charge in [0.1, 0.15) is 11.3 Å². The number of ether oxygens (including phenoxy) is 3. The van der Waals surface area contributed by atoms with Gasteiger partial charge >= 0.3 is 0 Å². The quantitative estimate of drug-likeness (QED) is 0.324. The van der Waals surface area contributed by atoms with Crippen LogP contribution in [0.1, 0.15) is 5.56 Å². The lowest BCUT2D eigenvalue weighted by Gasteiger charge is -2.10. The number of aromatic nitrogens is 2. The van der Waals surface area contributed by atoms with Gasteiger partial charge in [0.05, 0.1) is 36.7 Å². The van der Waals surface area contributed by atoms with E-state index >= 15 is 0 Å². The van der Waals surface area contributed by atoms with Crippen molar-refractivity contribution in [2.24, 2.45) is 10.8 Å². The highest BCUT2D eigenvalue weighted by Crippen LogP contribution is 2.33. The number of nitrogens with zero attached hydrogens (tertiary/aromatic N) is 3. The van der Waals surface area contributed by atoms with Crippen LogP contribution in [-0.2, 0) is 4.79 Å². The summed E-state index contributed by atoms with van der Waals surface area (Å²) >= 11 is 0. The van der Waals surface area contributed by atoms with Crippen LogP contribution in [0.2, 0.25) is 0 Å². The van der Waals surface area contributed by atoms with Gasteiger partial charge in [0.25, 0.3) is 11.5 Å². The number of hydrogen-bond acceptors (Lipinski definition) is 8. The molecule has 0 saturated carbocycles. The third-order valence-corrected chi connectivity index (χ3v) is 5.60. The van der Waals surface area contributed by atoms with Crippen molar-refractivity contribution in [2.45, 2.75) is 0 Å². The maximum atomic E-state index is 13.5. The molecular weight excluding hydrogens is 476 g/mol. The van der Waals surface area contributed by atoms with Gasteiger partial charge < -0.3 is 24.4 Å². The molecule has 2 heterocycles. The van der Waals surface area contributed by atoms with Crippen molar-refractivity contribution < 1.29 is 23.4 Å². The number of primary amides is 1. The number of hydrogen-bond donors (Lipinski definition) is 1. The van der Waals surface area contributed by atoms with Crippen molar-refractivity contribution in [3.63, 3.8) is 0 Å². The Bertz CT molecular complexity index is 1720. The van der Waals surface area contributed by atoms with E-state index in [1.807, 2.05) is 24.3 Å². The molecule has 1 amide bonds. The van der Waals surface area contributed by atoms with E-state index in [0.717, 1.165) is 5.39 Å². The summed E-state index contributed by atoms with van der Waals surface area (Å²) in [7, 11) is 3.05. The summed E-state index contributed by atoms with van der Waals surface area (Å²) in [4.78, 5) is 29.2. The van der Waals surface area contributed by atoms with Gasteiger partial charge in [-0.1, -0.05) is 18.2 Å². The number of carbonyl (C=O) groups is 1. The van der Waals surface area contributed by atoms with E-state index in [1.54, 1.807) is 49.6 Å². The Balaban J connectivity index is 1.62. The third-order valence-electron chi connectivity index (χ3n) is 5.60. The lowest BCUT2D eigenvalue weighted by molar-refractivity contribution is -0.119. The van der Waals surface area contributed by atoms with E-state index in [0.29, 0.717) is 45.1 Å². The average Bonchev–Trinajstić information content (AvgIpc) is 3.36. The first-order valence-corrected chi connectivity index (χ1v) is 11.2. The molecule has 37 heavy (non-hydrogen) atoms. The minimum Gasteiger partial charge on any atom is -0.496 e. The van der Waals surface area contributed by atoms with Crippen molar-refractivity contribution >= 4 is 34.0 Å². The molecule has 0 fully saturated rings. The van der Waals surface area contributed by atoms with E-state index < -0.39 is 5.91 Å². The molecule has 5 rings (SSSR count). The normalized spacial score (nSPS) is 11.3. The van der Waals surface area contributed by atoms with Gasteiger partial charge in [0, 0.05) is 0 Å². The van der Waals surface area contributed by atoms with Crippen LogP contribution in [0.25, 0.3) is 33.5 Å². The lowest BCUT2D eigenvalue weighted by atomic mass is 10.2. The monoisotopic (exact) mass is 498 g/mol. The molecule has 0 unspecified atom stereocenters. The fourth-order valence-corrected chi connectivity index (χ4v) is 3.87. The number of furan rings is 1. The number of benzene rings is 3. The highest BCUT2D eigenvalue weighted by molar-refractivity contribution is 5.88. The van der Waals surface area contributed by atoms with Gasteiger partial charge in [-0.25, -0.2) is 4.98 Å². The molecule has 10 nitrogen and oxygen atoms in total. The number of rotatable bonds is 8. The van der Waals surface area contributed by atoms with E-state index in [1.165, 1.54) is 18.0 Å². The largest absolute Gasteiger partial charge is 0.496 e. The number of para-hydroxylation sites is 1. The van der Waals surface area contributed by atoms with E-state index in [-0.39, 0.29) is 18.0 Å². The van der Waals surface area contributed by atoms with Crippen molar-refractivity contribution in [3.8, 4) is 28.8 Å². The summed E-state index contributed by atoms with van der Waals surface area (Å²) in [5.41, 5.74) is 6.50. The smallest absolute Gasteiger partial charge is 0.282 e. The van der Waals surface area contributed by atoms with Crippen LogP contribution in [0.3, 0.4) is 0 Å². The first kappa shape index (κ1) is 23.6. The van der Waals surface area contributed by atoms with Crippen LogP contribution in [0, 0.1) is 0 Å². The first-order valence-electron chi connectivity index (χ1n) is 11.2. The number of carbonyl (C=O) groups excluding carboxylic acids is 1. The van der Waals surface area contributed by atoms with E-state index in [4.69, 9.17) is 24.4 Å².